The van der Waals surface area contributed by atoms with E-state index in [0.717, 1.165) is 25.0 Å². The lowest BCUT2D eigenvalue weighted by Crippen LogP contribution is -2.12. The Morgan fingerprint density at radius 1 is 0.328 bits per heavy atom. The van der Waals surface area contributed by atoms with Crippen molar-refractivity contribution in [1.82, 2.24) is 4.90 Å². The molecule has 0 aliphatic heterocycles. The highest BCUT2D eigenvalue weighted by molar-refractivity contribution is 5.48. The smallest absolute Gasteiger partial charge is 0.119 e. The maximum Gasteiger partial charge on any atom is 0.119 e. The van der Waals surface area contributed by atoms with Gasteiger partial charge in [0.15, 0.2) is 0 Å². The summed E-state index contributed by atoms with van der Waals surface area (Å²) in [4.78, 5) is 12.9. The third kappa shape index (κ3) is 59.4. The number of hydrogen-bond acceptors (Lipinski definition) is 2. The average molecular weight is 901 g/mol. The van der Waals surface area contributed by atoms with Crippen molar-refractivity contribution in [2.45, 2.75) is 355 Å². The summed E-state index contributed by atoms with van der Waals surface area (Å²) in [6.07, 6.45) is 75.7. The molecule has 0 N–H and O–H groups in total. The number of hydrogen-bond donors (Lipinski definition) is 0. The number of nitrogens with zero attached hydrogens (tertiary/aromatic N) is 1. The van der Waals surface area contributed by atoms with Crippen LogP contribution in [0, 0.1) is 5.92 Å². The summed E-state index contributed by atoms with van der Waals surface area (Å²) < 4.78 is 0. The molecule has 0 saturated carbocycles. The summed E-state index contributed by atoms with van der Waals surface area (Å²) in [6, 6.07) is 0. The summed E-state index contributed by atoms with van der Waals surface area (Å²) >= 11 is 0. The van der Waals surface area contributed by atoms with Crippen LogP contribution in [-0.2, 0) is 4.79 Å². The van der Waals surface area contributed by atoms with E-state index in [9.17, 15) is 4.79 Å². The highest BCUT2D eigenvalue weighted by atomic mass is 16.1. The van der Waals surface area contributed by atoms with Crippen LogP contribution >= 0.6 is 0 Å². The van der Waals surface area contributed by atoms with Crippen LogP contribution in [0.4, 0.5) is 0 Å². The first-order valence-electron chi connectivity index (χ1n) is 30.3. The highest BCUT2D eigenvalue weighted by Crippen LogP contribution is 2.26. The molecular weight excluding hydrogens is 775 g/mol. The first kappa shape index (κ1) is 65.5. The number of allylic oxidation sites excluding steroid dienone is 2. The minimum Gasteiger partial charge on any atom is -0.309 e. The highest BCUT2D eigenvalue weighted by Gasteiger charge is 2.09. The summed E-state index contributed by atoms with van der Waals surface area (Å²) in [6.45, 7) is 10.4. The van der Waals surface area contributed by atoms with Gasteiger partial charge in [-0.2, -0.15) is 0 Å². The lowest BCUT2D eigenvalue weighted by atomic mass is 9.89. The van der Waals surface area contributed by atoms with Crippen molar-refractivity contribution in [3.8, 4) is 0 Å². The van der Waals surface area contributed by atoms with Crippen molar-refractivity contribution in [3.63, 3.8) is 0 Å². The van der Waals surface area contributed by atoms with Crippen molar-refractivity contribution >= 4 is 6.29 Å². The van der Waals surface area contributed by atoms with Crippen LogP contribution in [0.5, 0.6) is 0 Å². The monoisotopic (exact) mass is 900 g/mol. The molecule has 0 aromatic carbocycles. The summed E-state index contributed by atoms with van der Waals surface area (Å²) in [7, 11) is 4.21. The zero-order valence-corrected chi connectivity index (χ0v) is 45.9. The van der Waals surface area contributed by atoms with Gasteiger partial charge in [0, 0.05) is 6.42 Å². The second-order valence-electron chi connectivity index (χ2n) is 21.3. The van der Waals surface area contributed by atoms with E-state index in [2.05, 4.69) is 52.8 Å². The van der Waals surface area contributed by atoms with Crippen molar-refractivity contribution in [2.24, 2.45) is 5.92 Å². The third-order valence-corrected chi connectivity index (χ3v) is 14.3. The van der Waals surface area contributed by atoms with Gasteiger partial charge in [0.2, 0.25) is 0 Å². The molecule has 0 fully saturated rings. The van der Waals surface area contributed by atoms with Gasteiger partial charge in [-0.05, 0) is 77.9 Å². The Kier molecular flexibility index (Phi) is 61.8. The minimum absolute atomic E-state index is 0.745. The predicted molar refractivity (Wildman–Crippen MR) is 294 cm³/mol. The van der Waals surface area contributed by atoms with Crippen LogP contribution in [-0.4, -0.2) is 31.8 Å². The Labute approximate surface area is 407 Å². The van der Waals surface area contributed by atoms with Gasteiger partial charge in [-0.15, -0.1) is 0 Å². The molecule has 0 radical (unpaired) electrons. The van der Waals surface area contributed by atoms with Crippen LogP contribution in [0.3, 0.4) is 0 Å². The number of unbranched alkanes of at least 4 members (excludes halogenated alkanes) is 40. The first-order chi connectivity index (χ1) is 31.5. The molecule has 384 valence electrons. The largest absolute Gasteiger partial charge is 0.309 e. The zero-order chi connectivity index (χ0) is 46.9. The predicted octanol–water partition coefficient (Wildman–Crippen LogP) is 22.3. The summed E-state index contributed by atoms with van der Waals surface area (Å²) in [5.41, 5.74) is 1.76. The molecule has 0 aliphatic rings. The standard InChI is InChI=1S/C56H110O.C6H15N/c1-4-7-10-13-16-19-20-21-22-23-24-25-27-30-36-43-50-56(53-46-39-33-40-47-54-57)52-45-38-32-31-37-44-51-55(48-41-34-28-18-15-12-9-6-3)49-42-35-29-26-17-14-11-8-5-2;1-4-5-6-7(2)3/h53-55H,4-52H2,1-3H3;4-6H2,1-3H3/b56-53+;. The Morgan fingerprint density at radius 2 is 0.594 bits per heavy atom. The van der Waals surface area contributed by atoms with Gasteiger partial charge in [-0.3, -0.25) is 0 Å². The summed E-state index contributed by atoms with van der Waals surface area (Å²) in [5.74, 6) is 1.00. The summed E-state index contributed by atoms with van der Waals surface area (Å²) in [5, 5.41) is 0. The molecule has 2 heteroatoms. The molecule has 0 saturated heterocycles. The second-order valence-corrected chi connectivity index (χ2v) is 21.3. The van der Waals surface area contributed by atoms with E-state index in [-0.39, 0.29) is 0 Å². The van der Waals surface area contributed by atoms with Crippen LogP contribution in [0.15, 0.2) is 11.6 Å². The molecule has 1 unspecified atom stereocenters. The van der Waals surface area contributed by atoms with E-state index < -0.39 is 0 Å². The van der Waals surface area contributed by atoms with Gasteiger partial charge >= 0.3 is 0 Å². The molecule has 0 spiro atoms. The molecule has 0 bridgehead atoms. The Balaban J connectivity index is 0. The molecule has 2 nitrogen and oxygen atoms in total. The molecule has 0 rings (SSSR count). The fraction of sp³-hybridized carbons (Fsp3) is 0.952. The maximum atomic E-state index is 10.7. The lowest BCUT2D eigenvalue weighted by Gasteiger charge is -2.17. The van der Waals surface area contributed by atoms with E-state index in [0.29, 0.717) is 0 Å². The van der Waals surface area contributed by atoms with E-state index in [4.69, 9.17) is 0 Å². The maximum absolute atomic E-state index is 10.7. The normalized spacial score (nSPS) is 12.3. The van der Waals surface area contributed by atoms with E-state index in [1.807, 2.05) is 0 Å². The molecule has 0 amide bonds. The fourth-order valence-electron chi connectivity index (χ4n) is 9.79. The first-order valence-corrected chi connectivity index (χ1v) is 30.3. The molecule has 0 aromatic heterocycles. The van der Waals surface area contributed by atoms with Gasteiger partial charge in [-0.25, -0.2) is 0 Å². The van der Waals surface area contributed by atoms with Crippen molar-refractivity contribution in [1.29, 1.82) is 0 Å². The van der Waals surface area contributed by atoms with Crippen LogP contribution in [0.1, 0.15) is 355 Å². The molecule has 0 aromatic rings. The van der Waals surface area contributed by atoms with Crippen molar-refractivity contribution in [3.05, 3.63) is 11.6 Å². The van der Waals surface area contributed by atoms with Gasteiger partial charge in [0.25, 0.3) is 0 Å². The second kappa shape index (κ2) is 60.4. The van der Waals surface area contributed by atoms with E-state index in [1.165, 1.54) is 321 Å². The Morgan fingerprint density at radius 3 is 0.875 bits per heavy atom. The van der Waals surface area contributed by atoms with Crippen molar-refractivity contribution < 1.29 is 4.79 Å². The fourth-order valence-corrected chi connectivity index (χ4v) is 9.79. The van der Waals surface area contributed by atoms with Crippen LogP contribution < -0.4 is 0 Å². The Bertz CT molecular complexity index is 848. The molecule has 1 atom stereocenters. The van der Waals surface area contributed by atoms with Gasteiger partial charge < -0.3 is 9.69 Å². The number of aldehydes is 1. The number of carbonyl (C=O) groups is 1. The third-order valence-electron chi connectivity index (χ3n) is 14.3. The average Bonchev–Trinajstić information content (AvgIpc) is 3.29. The molecule has 0 heterocycles. The lowest BCUT2D eigenvalue weighted by molar-refractivity contribution is -0.107. The van der Waals surface area contributed by atoms with Crippen molar-refractivity contribution in [2.75, 3.05) is 20.6 Å². The quantitative estimate of drug-likeness (QED) is 0.0344. The SMILES string of the molecule is CCCCCCCCCCCCCCCCCC/C(=C\CCCCCC=O)CCCCCCCCC(CCCCCCCCCC)CCCCCCCCCCC.CCCCN(C)C. The number of carbonyl (C=O) groups excluding carboxylic acids is 1. The minimum atomic E-state index is 0.745. The van der Waals surface area contributed by atoms with E-state index >= 15 is 0 Å². The van der Waals surface area contributed by atoms with Crippen LogP contribution in [0.2, 0.25) is 0 Å². The Hall–Kier alpha value is -0.630. The van der Waals surface area contributed by atoms with Crippen LogP contribution in [0.25, 0.3) is 0 Å². The van der Waals surface area contributed by atoms with Gasteiger partial charge in [0.05, 0.1) is 0 Å². The van der Waals surface area contributed by atoms with Gasteiger partial charge in [0.1, 0.15) is 6.29 Å². The molecule has 64 heavy (non-hydrogen) atoms. The number of rotatable bonds is 54. The molecule has 0 aliphatic carbocycles. The van der Waals surface area contributed by atoms with E-state index in [1.54, 1.807) is 5.57 Å². The van der Waals surface area contributed by atoms with Gasteiger partial charge in [-0.1, -0.05) is 309 Å². The molecular formula is C62H125NO. The topological polar surface area (TPSA) is 20.3 Å². The zero-order valence-electron chi connectivity index (χ0n) is 45.9.